The Morgan fingerprint density at radius 1 is 0.841 bits per heavy atom. The molecule has 0 saturated heterocycles. The molecule has 0 fully saturated rings. The van der Waals surface area contributed by atoms with Gasteiger partial charge in [0.05, 0.1) is 28.0 Å². The first-order chi connectivity index (χ1) is 21.5. The lowest BCUT2D eigenvalue weighted by Crippen LogP contribution is -2.18. The van der Waals surface area contributed by atoms with E-state index in [0.29, 0.717) is 28.1 Å². The van der Waals surface area contributed by atoms with Crippen LogP contribution in [0.15, 0.2) is 36.2 Å². The number of nitrogens with one attached hydrogen (secondary N) is 2. The van der Waals surface area contributed by atoms with Crippen LogP contribution in [0.2, 0.25) is 10.0 Å². The van der Waals surface area contributed by atoms with Crippen LogP contribution in [0.25, 0.3) is 17.0 Å². The second-order valence-electron chi connectivity index (χ2n) is 12.0. The number of hydrogen-bond donors (Lipinski definition) is 2. The van der Waals surface area contributed by atoms with E-state index in [4.69, 9.17) is 37.8 Å². The Kier molecular flexibility index (Phi) is 17.7. The standard InChI is InChI=1S/C34H53Cl2N5O3/c1-4-5-6-7-8-9-10-11-12-13-14-15-16-17-18-19-22-43-44-26-32(27(2)3)40-42-25-29-24-33-37-38-34(41(33)39-29)28-20-21-30(35)31(36)23-28/h20-21,23-24,26-27,39-40H,4-19,22,25H2,1-3H3/b32-26-. The van der Waals surface area contributed by atoms with E-state index >= 15 is 0 Å². The third-order valence-electron chi connectivity index (χ3n) is 7.79. The van der Waals surface area contributed by atoms with Crippen LogP contribution in [0.3, 0.4) is 0 Å². The number of fused-ring (bicyclic) bond motifs is 1. The molecule has 246 valence electrons. The summed E-state index contributed by atoms with van der Waals surface area (Å²) in [6, 6.07) is 7.24. The summed E-state index contributed by atoms with van der Waals surface area (Å²) < 4.78 is 1.78. The molecular formula is C34H53Cl2N5O3. The summed E-state index contributed by atoms with van der Waals surface area (Å²) in [4.78, 5) is 16.5. The second kappa shape index (κ2) is 21.5. The molecular weight excluding hydrogens is 597 g/mol. The van der Waals surface area contributed by atoms with Gasteiger partial charge in [0.2, 0.25) is 0 Å². The Bertz CT molecular complexity index is 1230. The number of nitrogens with zero attached hydrogens (tertiary/aromatic N) is 3. The summed E-state index contributed by atoms with van der Waals surface area (Å²) in [5.41, 5.74) is 6.07. The van der Waals surface area contributed by atoms with E-state index in [2.05, 4.69) is 41.5 Å². The zero-order valence-electron chi connectivity index (χ0n) is 27.0. The fourth-order valence-electron chi connectivity index (χ4n) is 5.05. The van der Waals surface area contributed by atoms with Crippen molar-refractivity contribution in [2.24, 2.45) is 5.92 Å². The average Bonchev–Trinajstić information content (AvgIpc) is 3.59. The zero-order chi connectivity index (χ0) is 31.4. The van der Waals surface area contributed by atoms with Crippen LogP contribution >= 0.6 is 23.2 Å². The van der Waals surface area contributed by atoms with Crippen molar-refractivity contribution < 1.29 is 14.6 Å². The van der Waals surface area contributed by atoms with E-state index in [1.54, 1.807) is 22.9 Å². The van der Waals surface area contributed by atoms with Crippen molar-refractivity contribution in [1.82, 2.24) is 25.3 Å². The predicted molar refractivity (Wildman–Crippen MR) is 180 cm³/mol. The van der Waals surface area contributed by atoms with Crippen LogP contribution in [0.4, 0.5) is 0 Å². The molecule has 0 saturated carbocycles. The molecule has 0 aliphatic rings. The van der Waals surface area contributed by atoms with Crippen molar-refractivity contribution in [2.45, 2.75) is 130 Å². The van der Waals surface area contributed by atoms with Crippen LogP contribution in [-0.2, 0) is 21.2 Å². The van der Waals surface area contributed by atoms with Gasteiger partial charge in [0.15, 0.2) is 17.7 Å². The third-order valence-corrected chi connectivity index (χ3v) is 8.53. The summed E-state index contributed by atoms with van der Waals surface area (Å²) in [5.74, 6) is 0.802. The molecule has 3 aromatic rings. The molecule has 0 atom stereocenters. The molecule has 0 bridgehead atoms. The highest BCUT2D eigenvalue weighted by Crippen LogP contribution is 2.28. The van der Waals surface area contributed by atoms with Crippen molar-refractivity contribution >= 4 is 28.8 Å². The smallest absolute Gasteiger partial charge is 0.183 e. The predicted octanol–water partition coefficient (Wildman–Crippen LogP) is 10.8. The Morgan fingerprint density at radius 2 is 1.45 bits per heavy atom. The summed E-state index contributed by atoms with van der Waals surface area (Å²) in [5, 5.41) is 12.7. The molecule has 44 heavy (non-hydrogen) atoms. The Labute approximate surface area is 274 Å². The Hall–Kier alpha value is -2.26. The van der Waals surface area contributed by atoms with E-state index in [1.807, 2.05) is 12.1 Å². The lowest BCUT2D eigenvalue weighted by Gasteiger charge is -2.13. The van der Waals surface area contributed by atoms with Gasteiger partial charge in [-0.1, -0.05) is 140 Å². The second-order valence-corrected chi connectivity index (χ2v) is 12.8. The number of aromatic amines is 1. The molecule has 0 aliphatic carbocycles. The average molecular weight is 651 g/mol. The highest BCUT2D eigenvalue weighted by Gasteiger charge is 2.13. The lowest BCUT2D eigenvalue weighted by molar-refractivity contribution is -0.250. The molecule has 2 aromatic heterocycles. The number of H-pyrrole nitrogens is 1. The quantitative estimate of drug-likeness (QED) is 0.0411. The van der Waals surface area contributed by atoms with Crippen molar-refractivity contribution in [3.8, 4) is 11.4 Å². The Balaban J connectivity index is 1.21. The number of halogens is 2. The molecule has 8 nitrogen and oxygen atoms in total. The number of benzene rings is 1. The first-order valence-electron chi connectivity index (χ1n) is 16.7. The van der Waals surface area contributed by atoms with E-state index in [1.165, 1.54) is 96.3 Å². The highest BCUT2D eigenvalue weighted by atomic mass is 35.5. The van der Waals surface area contributed by atoms with Gasteiger partial charge in [0, 0.05) is 11.6 Å². The molecule has 2 N–H and O–H groups in total. The molecule has 1 aromatic carbocycles. The largest absolute Gasteiger partial charge is 0.344 e. The molecule has 3 rings (SSSR count). The summed E-state index contributed by atoms with van der Waals surface area (Å²) in [6.07, 6.45) is 23.2. The number of hydrogen-bond acceptors (Lipinski definition) is 6. The van der Waals surface area contributed by atoms with Gasteiger partial charge in [-0.25, -0.2) is 4.52 Å². The van der Waals surface area contributed by atoms with Gasteiger partial charge < -0.3 is 4.89 Å². The minimum atomic E-state index is 0.167. The minimum absolute atomic E-state index is 0.167. The van der Waals surface area contributed by atoms with Gasteiger partial charge in [0.1, 0.15) is 6.61 Å². The number of allylic oxidation sites excluding steroid dienone is 1. The fourth-order valence-corrected chi connectivity index (χ4v) is 5.34. The van der Waals surface area contributed by atoms with Gasteiger partial charge in [-0.05, 0) is 30.5 Å². The van der Waals surface area contributed by atoms with Crippen molar-refractivity contribution in [2.75, 3.05) is 6.61 Å². The highest BCUT2D eigenvalue weighted by molar-refractivity contribution is 6.42. The van der Waals surface area contributed by atoms with Gasteiger partial charge >= 0.3 is 0 Å². The lowest BCUT2D eigenvalue weighted by atomic mass is 10.0. The van der Waals surface area contributed by atoms with Gasteiger partial charge in [-0.2, -0.15) is 4.89 Å². The topological polar surface area (TPSA) is 85.7 Å². The van der Waals surface area contributed by atoms with Crippen molar-refractivity contribution in [1.29, 1.82) is 0 Å². The molecule has 10 heteroatoms. The summed E-state index contributed by atoms with van der Waals surface area (Å²) in [7, 11) is 0. The maximum absolute atomic E-state index is 6.18. The zero-order valence-corrected chi connectivity index (χ0v) is 28.5. The molecule has 0 spiro atoms. The number of rotatable bonds is 25. The number of aromatic nitrogens is 4. The van der Waals surface area contributed by atoms with E-state index in [-0.39, 0.29) is 12.5 Å². The van der Waals surface area contributed by atoms with E-state index in [0.717, 1.165) is 23.4 Å². The van der Waals surface area contributed by atoms with Crippen LogP contribution in [0.1, 0.15) is 129 Å². The van der Waals surface area contributed by atoms with Crippen molar-refractivity contribution in [3.63, 3.8) is 0 Å². The fraction of sp³-hybridized carbons (Fsp3) is 0.647. The van der Waals surface area contributed by atoms with Gasteiger partial charge in [-0.3, -0.25) is 15.4 Å². The van der Waals surface area contributed by atoms with E-state index < -0.39 is 0 Å². The SMILES string of the molecule is CCCCCCCCCCCCCCCCCCOO/C=C(\NOCc1cc2nnc(-c3ccc(Cl)c(Cl)c3)n2[nH]1)C(C)C. The summed E-state index contributed by atoms with van der Waals surface area (Å²) in [6.45, 7) is 7.26. The van der Waals surface area contributed by atoms with Gasteiger partial charge in [0.25, 0.3) is 0 Å². The first-order valence-corrected chi connectivity index (χ1v) is 17.5. The van der Waals surface area contributed by atoms with Crippen LogP contribution < -0.4 is 5.48 Å². The maximum atomic E-state index is 6.18. The normalized spacial score (nSPS) is 12.1. The Morgan fingerprint density at radius 3 is 2.05 bits per heavy atom. The maximum Gasteiger partial charge on any atom is 0.183 e. The monoisotopic (exact) mass is 649 g/mol. The molecule has 0 amide bonds. The van der Waals surface area contributed by atoms with Gasteiger partial charge in [-0.15, -0.1) is 10.2 Å². The molecule has 0 aliphatic heterocycles. The number of hydroxylamine groups is 1. The van der Waals surface area contributed by atoms with Crippen LogP contribution in [0, 0.1) is 5.92 Å². The van der Waals surface area contributed by atoms with E-state index in [9.17, 15) is 0 Å². The molecule has 2 heterocycles. The summed E-state index contributed by atoms with van der Waals surface area (Å²) >= 11 is 12.2. The van der Waals surface area contributed by atoms with Crippen LogP contribution in [-0.4, -0.2) is 26.4 Å². The third kappa shape index (κ3) is 13.4. The first kappa shape index (κ1) is 36.2. The number of unbranched alkanes of at least 4 members (excludes halogenated alkanes) is 15. The molecule has 0 unspecified atom stereocenters. The van der Waals surface area contributed by atoms with Crippen LogP contribution in [0.5, 0.6) is 0 Å². The minimum Gasteiger partial charge on any atom is -0.344 e. The molecule has 0 radical (unpaired) electrons. The van der Waals surface area contributed by atoms with Crippen molar-refractivity contribution in [3.05, 3.63) is 52.0 Å².